The lowest BCUT2D eigenvalue weighted by atomic mass is 9.95. The molecular weight excluding hydrogens is 274 g/mol. The van der Waals surface area contributed by atoms with Crippen LogP contribution in [0.4, 0.5) is 9.59 Å². The van der Waals surface area contributed by atoms with E-state index in [1.807, 2.05) is 18.2 Å². The summed E-state index contributed by atoms with van der Waals surface area (Å²) >= 11 is 0. The SMILES string of the molecule is COC(=O)ON(C[C@H]1C[C@@]1(C)c1ccccc1)C(=O)OC. The highest BCUT2D eigenvalue weighted by molar-refractivity contribution is 5.69. The molecule has 0 spiro atoms. The third kappa shape index (κ3) is 3.26. The third-order valence-corrected chi connectivity index (χ3v) is 3.96. The first kappa shape index (κ1) is 15.2. The van der Waals surface area contributed by atoms with Gasteiger partial charge in [0.1, 0.15) is 0 Å². The first-order chi connectivity index (χ1) is 10.0. The zero-order valence-corrected chi connectivity index (χ0v) is 12.4. The fraction of sp³-hybridized carbons (Fsp3) is 0.467. The average molecular weight is 293 g/mol. The van der Waals surface area contributed by atoms with Crippen LogP contribution in [-0.4, -0.2) is 38.1 Å². The van der Waals surface area contributed by atoms with Crippen LogP contribution in [-0.2, 0) is 19.7 Å². The summed E-state index contributed by atoms with van der Waals surface area (Å²) in [5.41, 5.74) is 1.19. The number of rotatable bonds is 3. The van der Waals surface area contributed by atoms with Gasteiger partial charge < -0.3 is 14.3 Å². The Balaban J connectivity index is 2.02. The van der Waals surface area contributed by atoms with Gasteiger partial charge in [0.15, 0.2) is 0 Å². The summed E-state index contributed by atoms with van der Waals surface area (Å²) < 4.78 is 9.02. The summed E-state index contributed by atoms with van der Waals surface area (Å²) in [7, 11) is 2.42. The summed E-state index contributed by atoms with van der Waals surface area (Å²) in [6.07, 6.45) is -0.750. The van der Waals surface area contributed by atoms with Crippen LogP contribution in [0.5, 0.6) is 0 Å². The van der Waals surface area contributed by atoms with E-state index in [1.165, 1.54) is 19.8 Å². The van der Waals surface area contributed by atoms with Crippen molar-refractivity contribution in [3.63, 3.8) is 0 Å². The van der Waals surface area contributed by atoms with Gasteiger partial charge in [-0.15, -0.1) is 5.06 Å². The molecule has 0 heterocycles. The molecular formula is C15H19NO5. The van der Waals surface area contributed by atoms with E-state index in [2.05, 4.69) is 28.5 Å². The van der Waals surface area contributed by atoms with Crippen LogP contribution in [0.15, 0.2) is 30.3 Å². The Kier molecular flexibility index (Phi) is 4.35. The van der Waals surface area contributed by atoms with E-state index in [1.54, 1.807) is 0 Å². The lowest BCUT2D eigenvalue weighted by Gasteiger charge is -2.20. The first-order valence-corrected chi connectivity index (χ1v) is 6.68. The number of hydrogen-bond donors (Lipinski definition) is 0. The lowest BCUT2D eigenvalue weighted by molar-refractivity contribution is -0.107. The van der Waals surface area contributed by atoms with Crippen molar-refractivity contribution < 1.29 is 23.9 Å². The predicted molar refractivity (Wildman–Crippen MR) is 74.5 cm³/mol. The molecule has 0 aromatic heterocycles. The fourth-order valence-corrected chi connectivity index (χ4v) is 2.47. The molecule has 1 saturated carbocycles. The molecule has 0 saturated heterocycles. The van der Waals surface area contributed by atoms with Gasteiger partial charge in [0, 0.05) is 0 Å². The summed E-state index contributed by atoms with van der Waals surface area (Å²) in [4.78, 5) is 27.7. The topological polar surface area (TPSA) is 65.1 Å². The molecule has 2 rings (SSSR count). The minimum Gasteiger partial charge on any atom is -0.451 e. The standard InChI is InChI=1S/C15H19NO5/c1-15(11-7-5-4-6-8-11)9-12(15)10-16(13(17)19-2)21-14(18)20-3/h4-8,12H,9-10H2,1-3H3/t12-,15+/m1/s1. The van der Waals surface area contributed by atoms with Crippen molar-refractivity contribution in [2.24, 2.45) is 5.92 Å². The number of benzene rings is 1. The van der Waals surface area contributed by atoms with Gasteiger partial charge in [0.25, 0.3) is 0 Å². The molecule has 1 aliphatic rings. The zero-order valence-electron chi connectivity index (χ0n) is 12.4. The normalized spacial score (nSPS) is 23.1. The molecule has 1 aromatic rings. The van der Waals surface area contributed by atoms with Crippen LogP contribution in [0.2, 0.25) is 0 Å². The smallest absolute Gasteiger partial charge is 0.451 e. The molecule has 0 unspecified atom stereocenters. The summed E-state index contributed by atoms with van der Waals surface area (Å²) in [6, 6.07) is 10.1. The van der Waals surface area contributed by atoms with Crippen LogP contribution in [0, 0.1) is 5.92 Å². The van der Waals surface area contributed by atoms with Crippen molar-refractivity contribution in [1.82, 2.24) is 5.06 Å². The number of methoxy groups -OCH3 is 2. The number of amides is 1. The maximum Gasteiger partial charge on any atom is 0.533 e. The van der Waals surface area contributed by atoms with Gasteiger partial charge >= 0.3 is 12.2 Å². The van der Waals surface area contributed by atoms with Crippen LogP contribution < -0.4 is 0 Å². The van der Waals surface area contributed by atoms with Crippen molar-refractivity contribution >= 4 is 12.2 Å². The summed E-state index contributed by atoms with van der Waals surface area (Å²) in [5, 5.41) is 0.907. The monoisotopic (exact) mass is 293 g/mol. The van der Waals surface area contributed by atoms with Crippen molar-refractivity contribution in [3.8, 4) is 0 Å². The third-order valence-electron chi connectivity index (χ3n) is 3.96. The highest BCUT2D eigenvalue weighted by atomic mass is 16.8. The van der Waals surface area contributed by atoms with E-state index in [4.69, 9.17) is 4.84 Å². The maximum absolute atomic E-state index is 11.6. The maximum atomic E-state index is 11.6. The largest absolute Gasteiger partial charge is 0.533 e. The molecule has 6 nitrogen and oxygen atoms in total. The summed E-state index contributed by atoms with van der Waals surface area (Å²) in [5.74, 6) is 0.198. The van der Waals surface area contributed by atoms with E-state index in [0.29, 0.717) is 0 Å². The molecule has 0 bridgehead atoms. The zero-order chi connectivity index (χ0) is 15.5. The highest BCUT2D eigenvalue weighted by Gasteiger charge is 2.52. The van der Waals surface area contributed by atoms with E-state index in [9.17, 15) is 9.59 Å². The van der Waals surface area contributed by atoms with Crippen LogP contribution in [0.1, 0.15) is 18.9 Å². The Morgan fingerprint density at radius 2 is 1.90 bits per heavy atom. The number of hydrogen-bond acceptors (Lipinski definition) is 5. The molecule has 1 amide bonds. The number of carbonyl (C=O) groups excluding carboxylic acids is 2. The molecule has 1 aromatic carbocycles. The Morgan fingerprint density at radius 3 is 2.48 bits per heavy atom. The molecule has 21 heavy (non-hydrogen) atoms. The van der Waals surface area contributed by atoms with Gasteiger partial charge in [-0.1, -0.05) is 37.3 Å². The first-order valence-electron chi connectivity index (χ1n) is 6.68. The minimum atomic E-state index is -0.942. The number of nitrogens with zero attached hydrogens (tertiary/aromatic N) is 1. The second-order valence-electron chi connectivity index (χ2n) is 5.26. The molecule has 1 aliphatic carbocycles. The quantitative estimate of drug-likeness (QED) is 0.633. The van der Waals surface area contributed by atoms with Crippen LogP contribution in [0.3, 0.4) is 0 Å². The molecule has 0 radical (unpaired) electrons. The molecule has 1 fully saturated rings. The highest BCUT2D eigenvalue weighted by Crippen LogP contribution is 2.54. The Bertz CT molecular complexity index is 518. The van der Waals surface area contributed by atoms with Crippen LogP contribution in [0.25, 0.3) is 0 Å². The Hall–Kier alpha value is -2.24. The van der Waals surface area contributed by atoms with E-state index in [0.717, 1.165) is 11.5 Å². The Morgan fingerprint density at radius 1 is 1.24 bits per heavy atom. The van der Waals surface area contributed by atoms with Crippen LogP contribution >= 0.6 is 0 Å². The minimum absolute atomic E-state index is 0.0208. The van der Waals surface area contributed by atoms with Gasteiger partial charge in [-0.2, -0.15) is 0 Å². The van der Waals surface area contributed by atoms with E-state index in [-0.39, 0.29) is 17.9 Å². The van der Waals surface area contributed by atoms with Gasteiger partial charge in [-0.05, 0) is 23.3 Å². The second-order valence-corrected chi connectivity index (χ2v) is 5.26. The number of carbonyl (C=O) groups is 2. The van der Waals surface area contributed by atoms with Crippen molar-refractivity contribution in [2.45, 2.75) is 18.8 Å². The van der Waals surface area contributed by atoms with E-state index >= 15 is 0 Å². The molecule has 0 N–H and O–H groups in total. The Labute approximate surface area is 123 Å². The predicted octanol–water partition coefficient (Wildman–Crippen LogP) is 2.73. The van der Waals surface area contributed by atoms with Gasteiger partial charge in [-0.3, -0.25) is 0 Å². The average Bonchev–Trinajstić information content (AvgIpc) is 3.18. The van der Waals surface area contributed by atoms with Gasteiger partial charge in [0.05, 0.1) is 20.8 Å². The molecule has 114 valence electrons. The van der Waals surface area contributed by atoms with E-state index < -0.39 is 12.2 Å². The van der Waals surface area contributed by atoms with Crippen molar-refractivity contribution in [2.75, 3.05) is 20.8 Å². The molecule has 2 atom stereocenters. The van der Waals surface area contributed by atoms with Crippen molar-refractivity contribution in [1.29, 1.82) is 0 Å². The molecule has 6 heteroatoms. The number of ether oxygens (including phenoxy) is 2. The lowest BCUT2D eigenvalue weighted by Crippen LogP contribution is -2.36. The second kappa shape index (κ2) is 6.03. The van der Waals surface area contributed by atoms with Crippen molar-refractivity contribution in [3.05, 3.63) is 35.9 Å². The van der Waals surface area contributed by atoms with Gasteiger partial charge in [0.2, 0.25) is 0 Å². The number of hydroxylamine groups is 2. The summed E-state index contributed by atoms with van der Waals surface area (Å²) in [6.45, 7) is 2.40. The fourth-order valence-electron chi connectivity index (χ4n) is 2.47. The molecule has 0 aliphatic heterocycles. The van der Waals surface area contributed by atoms with Gasteiger partial charge in [-0.25, -0.2) is 9.59 Å².